The highest BCUT2D eigenvalue weighted by Gasteiger charge is 2.08. The Morgan fingerprint density at radius 2 is 2.00 bits per heavy atom. The summed E-state index contributed by atoms with van der Waals surface area (Å²) in [7, 11) is 0. The number of rotatable bonds is 2. The molecule has 0 aliphatic carbocycles. The molecule has 1 saturated heterocycles. The van der Waals surface area contributed by atoms with E-state index in [4.69, 9.17) is 0 Å². The molecule has 17 heavy (non-hydrogen) atoms. The van der Waals surface area contributed by atoms with Crippen molar-refractivity contribution in [2.75, 3.05) is 31.1 Å². The normalized spacial score (nSPS) is 15.8. The van der Waals surface area contributed by atoms with Gasteiger partial charge < -0.3 is 10.2 Å². The SMILES string of the molecule is CCCC.c1ccc(N2CCCNCC2)nc1. The van der Waals surface area contributed by atoms with Crippen molar-refractivity contribution in [3.05, 3.63) is 24.4 Å². The van der Waals surface area contributed by atoms with Gasteiger partial charge in [-0.05, 0) is 25.1 Å². The van der Waals surface area contributed by atoms with Crippen molar-refractivity contribution in [3.63, 3.8) is 0 Å². The highest BCUT2D eigenvalue weighted by molar-refractivity contribution is 5.37. The fourth-order valence-corrected chi connectivity index (χ4v) is 1.62. The van der Waals surface area contributed by atoms with Gasteiger partial charge in [-0.1, -0.05) is 32.8 Å². The molecule has 1 aromatic rings. The summed E-state index contributed by atoms with van der Waals surface area (Å²) in [4.78, 5) is 6.68. The lowest BCUT2D eigenvalue weighted by atomic mass is 10.3. The second-order valence-corrected chi connectivity index (χ2v) is 4.28. The van der Waals surface area contributed by atoms with Crippen LogP contribution in [0.15, 0.2) is 24.4 Å². The Kier molecular flexibility index (Phi) is 7.39. The van der Waals surface area contributed by atoms with Crippen LogP contribution in [0.4, 0.5) is 5.82 Å². The van der Waals surface area contributed by atoms with Crippen LogP contribution >= 0.6 is 0 Å². The molecule has 0 bridgehead atoms. The lowest BCUT2D eigenvalue weighted by molar-refractivity contribution is 0.724. The molecule has 2 rings (SSSR count). The molecular formula is C14H25N3. The van der Waals surface area contributed by atoms with E-state index < -0.39 is 0 Å². The van der Waals surface area contributed by atoms with Crippen molar-refractivity contribution in [2.45, 2.75) is 33.1 Å². The fourth-order valence-electron chi connectivity index (χ4n) is 1.62. The molecule has 96 valence electrons. The van der Waals surface area contributed by atoms with Gasteiger partial charge in [-0.2, -0.15) is 0 Å². The number of anilines is 1. The van der Waals surface area contributed by atoms with E-state index in [0.717, 1.165) is 32.0 Å². The van der Waals surface area contributed by atoms with E-state index in [2.05, 4.69) is 35.1 Å². The van der Waals surface area contributed by atoms with Crippen molar-refractivity contribution in [2.24, 2.45) is 0 Å². The molecule has 3 nitrogen and oxygen atoms in total. The van der Waals surface area contributed by atoms with Gasteiger partial charge in [-0.25, -0.2) is 4.98 Å². The summed E-state index contributed by atoms with van der Waals surface area (Å²) < 4.78 is 0. The average Bonchev–Trinajstić information content (AvgIpc) is 2.69. The van der Waals surface area contributed by atoms with Crippen molar-refractivity contribution in [3.8, 4) is 0 Å². The Hall–Kier alpha value is -1.09. The van der Waals surface area contributed by atoms with Gasteiger partial charge in [0.15, 0.2) is 0 Å². The molecule has 1 aromatic heterocycles. The van der Waals surface area contributed by atoms with Crippen molar-refractivity contribution >= 4 is 5.82 Å². The first kappa shape index (κ1) is 14.0. The third kappa shape index (κ3) is 5.68. The van der Waals surface area contributed by atoms with Gasteiger partial charge in [0, 0.05) is 25.8 Å². The number of pyridine rings is 1. The van der Waals surface area contributed by atoms with Gasteiger partial charge in [-0.3, -0.25) is 0 Å². The highest BCUT2D eigenvalue weighted by Crippen LogP contribution is 2.09. The zero-order valence-corrected chi connectivity index (χ0v) is 11.2. The van der Waals surface area contributed by atoms with Crippen LogP contribution in [0.2, 0.25) is 0 Å². The molecule has 1 N–H and O–H groups in total. The molecular weight excluding hydrogens is 210 g/mol. The van der Waals surface area contributed by atoms with Crippen LogP contribution in [-0.2, 0) is 0 Å². The van der Waals surface area contributed by atoms with Crippen LogP contribution in [0, 0.1) is 0 Å². The number of nitrogens with zero attached hydrogens (tertiary/aromatic N) is 2. The van der Waals surface area contributed by atoms with Crippen LogP contribution < -0.4 is 10.2 Å². The fraction of sp³-hybridized carbons (Fsp3) is 0.643. The lowest BCUT2D eigenvalue weighted by Crippen LogP contribution is -2.28. The van der Waals surface area contributed by atoms with Crippen molar-refractivity contribution in [1.29, 1.82) is 0 Å². The molecule has 0 spiro atoms. The van der Waals surface area contributed by atoms with E-state index in [-0.39, 0.29) is 0 Å². The van der Waals surface area contributed by atoms with Gasteiger partial charge >= 0.3 is 0 Å². The molecule has 0 atom stereocenters. The smallest absolute Gasteiger partial charge is 0.128 e. The summed E-state index contributed by atoms with van der Waals surface area (Å²) in [5.41, 5.74) is 0. The number of hydrogen-bond donors (Lipinski definition) is 1. The average molecular weight is 235 g/mol. The summed E-state index contributed by atoms with van der Waals surface area (Å²) in [6.45, 7) is 8.74. The second kappa shape index (κ2) is 8.99. The number of nitrogens with one attached hydrogen (secondary N) is 1. The van der Waals surface area contributed by atoms with Crippen molar-refractivity contribution in [1.82, 2.24) is 10.3 Å². The zero-order valence-electron chi connectivity index (χ0n) is 11.2. The molecule has 0 unspecified atom stereocenters. The highest BCUT2D eigenvalue weighted by atomic mass is 15.2. The lowest BCUT2D eigenvalue weighted by Gasteiger charge is -2.20. The molecule has 3 heteroatoms. The minimum Gasteiger partial charge on any atom is -0.355 e. The topological polar surface area (TPSA) is 28.2 Å². The first-order valence-electron chi connectivity index (χ1n) is 6.75. The maximum Gasteiger partial charge on any atom is 0.128 e. The van der Waals surface area contributed by atoms with Crippen LogP contribution in [0.1, 0.15) is 33.1 Å². The maximum absolute atomic E-state index is 4.34. The Labute approximate surface area is 105 Å². The quantitative estimate of drug-likeness (QED) is 0.854. The van der Waals surface area contributed by atoms with Gasteiger partial charge in [0.1, 0.15) is 5.82 Å². The number of aromatic nitrogens is 1. The largest absolute Gasteiger partial charge is 0.355 e. The molecule has 0 saturated carbocycles. The Morgan fingerprint density at radius 1 is 1.18 bits per heavy atom. The second-order valence-electron chi connectivity index (χ2n) is 4.28. The molecule has 1 fully saturated rings. The first-order chi connectivity index (χ1) is 8.38. The zero-order chi connectivity index (χ0) is 12.3. The van der Waals surface area contributed by atoms with E-state index in [1.165, 1.54) is 19.3 Å². The summed E-state index contributed by atoms with van der Waals surface area (Å²) >= 11 is 0. The van der Waals surface area contributed by atoms with E-state index >= 15 is 0 Å². The van der Waals surface area contributed by atoms with Crippen LogP contribution in [0.5, 0.6) is 0 Å². The number of hydrogen-bond acceptors (Lipinski definition) is 3. The Balaban J connectivity index is 0.000000317. The molecule has 1 aliphatic rings. The standard InChI is InChI=1S/C10H15N3.C4H10/c1-2-6-12-10(4-1)13-8-3-5-11-7-9-13;1-3-4-2/h1-2,4,6,11H,3,5,7-9H2;3-4H2,1-2H3. The van der Waals surface area contributed by atoms with Crippen LogP contribution in [0.3, 0.4) is 0 Å². The third-order valence-corrected chi connectivity index (χ3v) is 2.81. The maximum atomic E-state index is 4.34. The van der Waals surface area contributed by atoms with Gasteiger partial charge in [-0.15, -0.1) is 0 Å². The molecule has 0 radical (unpaired) electrons. The van der Waals surface area contributed by atoms with Gasteiger partial charge in [0.05, 0.1) is 0 Å². The van der Waals surface area contributed by atoms with E-state index in [0.29, 0.717) is 0 Å². The summed E-state index contributed by atoms with van der Waals surface area (Å²) in [6.07, 6.45) is 5.70. The summed E-state index contributed by atoms with van der Waals surface area (Å²) in [5, 5.41) is 3.38. The predicted octanol–water partition coefficient (Wildman–Crippen LogP) is 2.69. The number of unbranched alkanes of at least 4 members (excludes halogenated alkanes) is 1. The molecule has 1 aliphatic heterocycles. The molecule has 2 heterocycles. The minimum atomic E-state index is 1.07. The molecule has 0 aromatic carbocycles. The third-order valence-electron chi connectivity index (χ3n) is 2.81. The van der Waals surface area contributed by atoms with E-state index in [1.54, 1.807) is 0 Å². The minimum absolute atomic E-state index is 1.07. The van der Waals surface area contributed by atoms with Crippen LogP contribution in [0.25, 0.3) is 0 Å². The Bertz CT molecular complexity index is 264. The van der Waals surface area contributed by atoms with Crippen molar-refractivity contribution < 1.29 is 0 Å². The Morgan fingerprint density at radius 3 is 2.65 bits per heavy atom. The van der Waals surface area contributed by atoms with E-state index in [1.807, 2.05) is 18.3 Å². The summed E-state index contributed by atoms with van der Waals surface area (Å²) in [6, 6.07) is 6.07. The summed E-state index contributed by atoms with van der Waals surface area (Å²) in [5.74, 6) is 1.10. The monoisotopic (exact) mass is 235 g/mol. The molecule has 0 amide bonds. The first-order valence-corrected chi connectivity index (χ1v) is 6.75. The van der Waals surface area contributed by atoms with Crippen LogP contribution in [-0.4, -0.2) is 31.2 Å². The van der Waals surface area contributed by atoms with Gasteiger partial charge in [0.2, 0.25) is 0 Å². The predicted molar refractivity (Wildman–Crippen MR) is 74.5 cm³/mol. The van der Waals surface area contributed by atoms with E-state index in [9.17, 15) is 0 Å². The van der Waals surface area contributed by atoms with Gasteiger partial charge in [0.25, 0.3) is 0 Å².